The van der Waals surface area contributed by atoms with E-state index in [1.54, 1.807) is 6.20 Å². The van der Waals surface area contributed by atoms with Crippen molar-refractivity contribution >= 4 is 11.6 Å². The predicted molar refractivity (Wildman–Crippen MR) is 54.1 cm³/mol. The average Bonchev–Trinajstić information content (AvgIpc) is 2.68. The Balaban J connectivity index is 2.30. The van der Waals surface area contributed by atoms with Crippen LogP contribution >= 0.6 is 11.6 Å². The number of benzene rings is 1. The van der Waals surface area contributed by atoms with Crippen LogP contribution in [-0.2, 0) is 0 Å². The van der Waals surface area contributed by atoms with Crippen molar-refractivity contribution in [1.29, 1.82) is 0 Å². The predicted octanol–water partition coefficient (Wildman–Crippen LogP) is 3.22. The minimum Gasteiger partial charge on any atom is -0.406 e. The first kappa shape index (κ1) is 11.8. The van der Waals surface area contributed by atoms with Crippen LogP contribution in [0.15, 0.2) is 30.6 Å². The topological polar surface area (TPSA) is 27.1 Å². The Hall–Kier alpha value is -1.69. The lowest BCUT2D eigenvalue weighted by atomic mass is 10.3. The van der Waals surface area contributed by atoms with Gasteiger partial charge >= 0.3 is 6.36 Å². The number of hydrogen-bond donors (Lipinski definition) is 0. The van der Waals surface area contributed by atoms with E-state index in [0.29, 0.717) is 5.69 Å². The number of rotatable bonds is 2. The van der Waals surface area contributed by atoms with Gasteiger partial charge in [-0.1, -0.05) is 11.6 Å². The minimum absolute atomic E-state index is 0.112. The number of nitrogens with zero attached hydrogens (tertiary/aromatic N) is 2. The van der Waals surface area contributed by atoms with Gasteiger partial charge in [-0.15, -0.1) is 13.2 Å². The molecule has 0 fully saturated rings. The Morgan fingerprint density at radius 2 is 2.12 bits per heavy atom. The maximum absolute atomic E-state index is 12.0. The van der Waals surface area contributed by atoms with Gasteiger partial charge in [0.1, 0.15) is 5.75 Å². The zero-order chi connectivity index (χ0) is 12.5. The summed E-state index contributed by atoms with van der Waals surface area (Å²) in [5.41, 5.74) is 0.471. The normalized spacial score (nSPS) is 11.5. The lowest BCUT2D eigenvalue weighted by molar-refractivity contribution is -0.274. The van der Waals surface area contributed by atoms with Gasteiger partial charge in [-0.25, -0.2) is 4.98 Å². The molecule has 0 N–H and O–H groups in total. The van der Waals surface area contributed by atoms with Crippen LogP contribution in [0.2, 0.25) is 5.02 Å². The summed E-state index contributed by atoms with van der Waals surface area (Å²) in [6, 6.07) is 3.64. The lowest BCUT2D eigenvalue weighted by Crippen LogP contribution is -2.17. The highest BCUT2D eigenvalue weighted by atomic mass is 35.5. The van der Waals surface area contributed by atoms with Gasteiger partial charge in [0.05, 0.1) is 10.7 Å². The van der Waals surface area contributed by atoms with E-state index in [1.807, 2.05) is 0 Å². The van der Waals surface area contributed by atoms with Crippen molar-refractivity contribution < 1.29 is 17.9 Å². The Morgan fingerprint density at radius 3 is 2.65 bits per heavy atom. The average molecular weight is 262 g/mol. The van der Waals surface area contributed by atoms with Gasteiger partial charge in [0, 0.05) is 18.5 Å². The number of hydrogen-bond acceptors (Lipinski definition) is 2. The van der Waals surface area contributed by atoms with Crippen molar-refractivity contribution in [2.45, 2.75) is 6.36 Å². The summed E-state index contributed by atoms with van der Waals surface area (Å²) < 4.78 is 41.1. The number of alkyl halides is 3. The molecule has 0 saturated carbocycles. The van der Waals surface area contributed by atoms with E-state index in [4.69, 9.17) is 11.6 Å². The quantitative estimate of drug-likeness (QED) is 0.830. The molecule has 0 aliphatic carbocycles. The molecule has 7 heteroatoms. The van der Waals surface area contributed by atoms with E-state index in [0.717, 1.165) is 6.07 Å². The summed E-state index contributed by atoms with van der Waals surface area (Å²) in [6.45, 7) is 0. The van der Waals surface area contributed by atoms with Gasteiger partial charge in [0.15, 0.2) is 6.33 Å². The van der Waals surface area contributed by atoms with E-state index in [-0.39, 0.29) is 10.8 Å². The van der Waals surface area contributed by atoms with E-state index in [9.17, 15) is 13.2 Å². The van der Waals surface area contributed by atoms with Crippen molar-refractivity contribution in [2.75, 3.05) is 0 Å². The Kier molecular flexibility index (Phi) is 2.97. The second-order valence-electron chi connectivity index (χ2n) is 3.06. The molecule has 17 heavy (non-hydrogen) atoms. The molecule has 2 rings (SSSR count). The Labute approximate surface area is 99.4 Å². The van der Waals surface area contributed by atoms with Gasteiger partial charge in [-0.05, 0) is 12.1 Å². The minimum atomic E-state index is -4.73. The zero-order valence-corrected chi connectivity index (χ0v) is 8.96. The fraction of sp³-hybridized carbons (Fsp3) is 0.100. The third-order valence-corrected chi connectivity index (χ3v) is 2.17. The van der Waals surface area contributed by atoms with Crippen LogP contribution in [0.4, 0.5) is 13.2 Å². The molecular formula is C10H5ClF3N2O. The molecule has 0 saturated heterocycles. The first-order valence-electron chi connectivity index (χ1n) is 4.42. The third-order valence-electron chi connectivity index (χ3n) is 1.87. The maximum atomic E-state index is 12.0. The molecule has 0 aliphatic heterocycles. The molecule has 0 aliphatic rings. The highest BCUT2D eigenvalue weighted by Gasteiger charge is 2.31. The second-order valence-corrected chi connectivity index (χ2v) is 3.47. The summed E-state index contributed by atoms with van der Waals surface area (Å²) >= 11 is 5.83. The lowest BCUT2D eigenvalue weighted by Gasteiger charge is -2.10. The molecule has 0 unspecified atom stereocenters. The monoisotopic (exact) mass is 261 g/mol. The summed E-state index contributed by atoms with van der Waals surface area (Å²) in [4.78, 5) is 3.69. The molecule has 0 atom stereocenters. The summed E-state index contributed by atoms with van der Waals surface area (Å²) in [5.74, 6) is -0.369. The number of imidazole rings is 1. The molecule has 0 amide bonds. The third kappa shape index (κ3) is 2.91. The molecule has 0 bridgehead atoms. The highest BCUT2D eigenvalue weighted by Crippen LogP contribution is 2.29. The molecule has 1 aromatic carbocycles. The van der Waals surface area contributed by atoms with Crippen molar-refractivity contribution in [1.82, 2.24) is 9.55 Å². The van der Waals surface area contributed by atoms with Crippen LogP contribution in [0.5, 0.6) is 5.75 Å². The smallest absolute Gasteiger partial charge is 0.406 e. The van der Waals surface area contributed by atoms with Crippen LogP contribution in [0.1, 0.15) is 0 Å². The largest absolute Gasteiger partial charge is 0.573 e. The van der Waals surface area contributed by atoms with Gasteiger partial charge in [0.2, 0.25) is 0 Å². The van der Waals surface area contributed by atoms with E-state index >= 15 is 0 Å². The van der Waals surface area contributed by atoms with Gasteiger partial charge < -0.3 is 4.74 Å². The first-order chi connectivity index (χ1) is 7.96. The summed E-state index contributed by atoms with van der Waals surface area (Å²) in [5, 5.41) is 0.112. The highest BCUT2D eigenvalue weighted by molar-refractivity contribution is 6.32. The zero-order valence-electron chi connectivity index (χ0n) is 8.20. The maximum Gasteiger partial charge on any atom is 0.573 e. The van der Waals surface area contributed by atoms with Crippen molar-refractivity contribution in [3.05, 3.63) is 41.9 Å². The standard InChI is InChI=1S/C10H5ClF3N2O/c11-8-5-7(17-10(12,13)14)1-2-9(8)16-4-3-15-6-16/h1-5H. The van der Waals surface area contributed by atoms with Crippen molar-refractivity contribution in [2.24, 2.45) is 0 Å². The SMILES string of the molecule is FC(F)(F)Oc1ccc(-n2[c]ncc2)c(Cl)c1. The van der Waals surface area contributed by atoms with Gasteiger partial charge in [-0.2, -0.15) is 0 Å². The Morgan fingerprint density at radius 1 is 1.35 bits per heavy atom. The van der Waals surface area contributed by atoms with Crippen LogP contribution in [0, 0.1) is 6.33 Å². The van der Waals surface area contributed by atoms with Crippen molar-refractivity contribution in [3.63, 3.8) is 0 Å². The molecule has 1 heterocycles. The second kappa shape index (κ2) is 4.29. The van der Waals surface area contributed by atoms with Gasteiger partial charge in [0.25, 0.3) is 0 Å². The number of halogens is 4. The van der Waals surface area contributed by atoms with Crippen LogP contribution in [0.25, 0.3) is 5.69 Å². The van der Waals surface area contributed by atoms with E-state index in [1.165, 1.54) is 22.9 Å². The molecule has 2 aromatic rings. The fourth-order valence-electron chi connectivity index (χ4n) is 1.24. The number of aromatic nitrogens is 2. The van der Waals surface area contributed by atoms with Crippen molar-refractivity contribution in [3.8, 4) is 11.4 Å². The van der Waals surface area contributed by atoms with Crippen LogP contribution < -0.4 is 4.74 Å². The van der Waals surface area contributed by atoms with Crippen LogP contribution in [0.3, 0.4) is 0 Å². The molecule has 3 nitrogen and oxygen atoms in total. The molecule has 1 radical (unpaired) electrons. The Bertz CT molecular complexity index is 511. The first-order valence-corrected chi connectivity index (χ1v) is 4.80. The van der Waals surface area contributed by atoms with Gasteiger partial charge in [-0.3, -0.25) is 4.57 Å². The van der Waals surface area contributed by atoms with Crippen LogP contribution in [-0.4, -0.2) is 15.9 Å². The molecule has 0 spiro atoms. The molecule has 89 valence electrons. The molecule has 1 aromatic heterocycles. The summed E-state index contributed by atoms with van der Waals surface area (Å²) in [6.07, 6.45) is 0.908. The number of ether oxygens (including phenoxy) is 1. The fourth-order valence-corrected chi connectivity index (χ4v) is 1.50. The summed E-state index contributed by atoms with van der Waals surface area (Å²) in [7, 11) is 0. The van der Waals surface area contributed by atoms with E-state index < -0.39 is 6.36 Å². The molecular weight excluding hydrogens is 257 g/mol. The van der Waals surface area contributed by atoms with E-state index in [2.05, 4.69) is 16.0 Å².